The number of rotatable bonds is 5. The molecule has 0 atom stereocenters. The lowest BCUT2D eigenvalue weighted by atomic mass is 9.79. The minimum absolute atomic E-state index is 0. The van der Waals surface area contributed by atoms with Crippen LogP contribution >= 0.6 is 0 Å². The van der Waals surface area contributed by atoms with Gasteiger partial charge < -0.3 is 23.8 Å². The van der Waals surface area contributed by atoms with E-state index in [4.69, 9.17) is 11.5 Å². The number of benzene rings is 6. The molecule has 0 heterocycles. The zero-order chi connectivity index (χ0) is 25.9. The van der Waals surface area contributed by atoms with Gasteiger partial charge in [0.1, 0.15) is 0 Å². The van der Waals surface area contributed by atoms with Crippen LogP contribution in [0, 0.1) is 0 Å². The average molecular weight is 523 g/mol. The van der Waals surface area contributed by atoms with Crippen molar-refractivity contribution >= 4 is 11.4 Å². The van der Waals surface area contributed by atoms with E-state index in [0.717, 1.165) is 44.8 Å². The fourth-order valence-electron chi connectivity index (χ4n) is 5.17. The van der Waals surface area contributed by atoms with Crippen LogP contribution in [-0.2, 0) is 0 Å². The van der Waals surface area contributed by atoms with Gasteiger partial charge in [0.15, 0.2) is 0 Å². The molecule has 0 spiro atoms. The maximum absolute atomic E-state index is 6.13. The van der Waals surface area contributed by atoms with Crippen LogP contribution in [0.2, 0.25) is 0 Å². The van der Waals surface area contributed by atoms with Crippen molar-refractivity contribution < 1.29 is 0 Å². The highest BCUT2D eigenvalue weighted by Crippen LogP contribution is 2.50. The van der Waals surface area contributed by atoms with E-state index in [1.54, 1.807) is 0 Å². The van der Waals surface area contributed by atoms with E-state index in [1.165, 1.54) is 22.3 Å². The van der Waals surface area contributed by atoms with Gasteiger partial charge in [0.2, 0.25) is 0 Å². The first-order valence-corrected chi connectivity index (χ1v) is 12.8. The quantitative estimate of drug-likeness (QED) is 0.168. The Balaban J connectivity index is 0.00000185. The summed E-state index contributed by atoms with van der Waals surface area (Å²) < 4.78 is 0. The van der Waals surface area contributed by atoms with Crippen molar-refractivity contribution in [2.75, 3.05) is 11.5 Å². The van der Waals surface area contributed by atoms with E-state index in [-0.39, 0.29) is 12.3 Å². The molecule has 4 nitrogen and oxygen atoms in total. The summed E-state index contributed by atoms with van der Waals surface area (Å²) in [6.45, 7) is 0. The summed E-state index contributed by atoms with van der Waals surface area (Å²) in [5.74, 6) is 0. The lowest BCUT2D eigenvalue weighted by Gasteiger charge is -2.24. The number of nitrogen functional groups attached to an aromatic ring is 2. The van der Waals surface area contributed by atoms with Gasteiger partial charge in [-0.3, -0.25) is 0 Å². The third-order valence-corrected chi connectivity index (χ3v) is 6.96. The smallest absolute Gasteiger partial charge is 0.0314 e. The highest BCUT2D eigenvalue weighted by Gasteiger charge is 2.23. The molecule has 198 valence electrons. The van der Waals surface area contributed by atoms with Gasteiger partial charge in [-0.05, 0) is 86.0 Å². The monoisotopic (exact) mass is 522 g/mol. The molecular weight excluding hydrogens is 488 g/mol. The first-order valence-electron chi connectivity index (χ1n) is 12.8. The van der Waals surface area contributed by atoms with Crippen LogP contribution in [0.25, 0.3) is 55.6 Å². The van der Waals surface area contributed by atoms with E-state index in [2.05, 4.69) is 121 Å². The Labute approximate surface area is 236 Å². The molecule has 0 aromatic heterocycles. The summed E-state index contributed by atoms with van der Waals surface area (Å²) in [4.78, 5) is 0. The third-order valence-electron chi connectivity index (χ3n) is 6.96. The Morgan fingerprint density at radius 2 is 0.600 bits per heavy atom. The zero-order valence-corrected chi connectivity index (χ0v) is 22.4. The van der Waals surface area contributed by atoms with Crippen LogP contribution < -0.4 is 23.8 Å². The van der Waals surface area contributed by atoms with Gasteiger partial charge in [0.25, 0.3) is 0 Å². The van der Waals surface area contributed by atoms with Crippen LogP contribution in [0.4, 0.5) is 11.4 Å². The molecule has 0 aliphatic carbocycles. The van der Waals surface area contributed by atoms with Crippen molar-refractivity contribution in [1.82, 2.24) is 12.3 Å². The second kappa shape index (κ2) is 12.1. The summed E-state index contributed by atoms with van der Waals surface area (Å²) in [5, 5.41) is 0. The molecule has 6 aromatic rings. The Bertz CT molecular complexity index is 1680. The average Bonchev–Trinajstić information content (AvgIpc) is 2.98. The highest BCUT2D eigenvalue weighted by molar-refractivity contribution is 6.07. The molecule has 0 saturated heterocycles. The van der Waals surface area contributed by atoms with Crippen molar-refractivity contribution in [1.29, 1.82) is 0 Å². The van der Waals surface area contributed by atoms with Crippen molar-refractivity contribution in [2.45, 2.75) is 0 Å². The van der Waals surface area contributed by atoms with Gasteiger partial charge in [-0.25, -0.2) is 0 Å². The van der Waals surface area contributed by atoms with Crippen LogP contribution in [0.15, 0.2) is 146 Å². The zero-order valence-electron chi connectivity index (χ0n) is 22.4. The predicted molar refractivity (Wildman–Crippen MR) is 172 cm³/mol. The number of hydrogen-bond acceptors (Lipinski definition) is 4. The standard InChI is InChI=1S/C36H28N2.2H3N/c37-30-20-16-26(17-21-30)33-24-32(25-10-4-1-5-11-25)35(29-18-22-31(38)23-19-29)36(28-14-8-3-9-15-28)34(33)27-12-6-2-7-13-27;;/h1-24H,37-38H2;2*1H3. The molecule has 0 amide bonds. The third kappa shape index (κ3) is 5.36. The molecule has 0 fully saturated rings. The Hall–Kier alpha value is -5.16. The summed E-state index contributed by atoms with van der Waals surface area (Å²) in [6.07, 6.45) is 0. The van der Waals surface area contributed by atoms with Crippen LogP contribution in [-0.4, -0.2) is 0 Å². The minimum Gasteiger partial charge on any atom is -0.399 e. The van der Waals surface area contributed by atoms with Gasteiger partial charge in [-0.2, -0.15) is 0 Å². The molecule has 0 aliphatic rings. The maximum Gasteiger partial charge on any atom is 0.0314 e. The highest BCUT2D eigenvalue weighted by atomic mass is 14.5. The summed E-state index contributed by atoms with van der Waals surface area (Å²) >= 11 is 0. The maximum atomic E-state index is 6.13. The fraction of sp³-hybridized carbons (Fsp3) is 0. The van der Waals surface area contributed by atoms with E-state index < -0.39 is 0 Å². The first kappa shape index (κ1) is 27.9. The molecular formula is C36H34N4. The number of hydrogen-bond donors (Lipinski definition) is 4. The molecule has 0 radical (unpaired) electrons. The van der Waals surface area contributed by atoms with Crippen LogP contribution in [0.1, 0.15) is 0 Å². The second-order valence-corrected chi connectivity index (χ2v) is 9.44. The van der Waals surface area contributed by atoms with Gasteiger partial charge >= 0.3 is 0 Å². The van der Waals surface area contributed by atoms with Gasteiger partial charge in [0.05, 0.1) is 0 Å². The van der Waals surface area contributed by atoms with Crippen molar-refractivity contribution in [3.63, 3.8) is 0 Å². The van der Waals surface area contributed by atoms with E-state index in [1.807, 2.05) is 24.3 Å². The SMILES string of the molecule is N.N.Nc1ccc(-c2cc(-c3ccccc3)c(-c3ccc(N)cc3)c(-c3ccccc3)c2-c2ccccc2)cc1. The van der Waals surface area contributed by atoms with Gasteiger partial charge in [0, 0.05) is 11.4 Å². The molecule has 0 aliphatic heterocycles. The minimum atomic E-state index is 0. The molecule has 0 bridgehead atoms. The number of anilines is 2. The van der Waals surface area contributed by atoms with Crippen LogP contribution in [0.3, 0.4) is 0 Å². The van der Waals surface area contributed by atoms with Gasteiger partial charge in [-0.15, -0.1) is 0 Å². The summed E-state index contributed by atoms with van der Waals surface area (Å²) in [5.41, 5.74) is 25.3. The lowest BCUT2D eigenvalue weighted by Crippen LogP contribution is -1.98. The molecule has 6 rings (SSSR count). The van der Waals surface area contributed by atoms with Crippen molar-refractivity contribution in [3.05, 3.63) is 146 Å². The van der Waals surface area contributed by atoms with E-state index in [9.17, 15) is 0 Å². The van der Waals surface area contributed by atoms with E-state index >= 15 is 0 Å². The normalized spacial score (nSPS) is 10.3. The Kier molecular flexibility index (Phi) is 8.45. The van der Waals surface area contributed by atoms with Crippen molar-refractivity contribution in [2.24, 2.45) is 0 Å². The fourth-order valence-corrected chi connectivity index (χ4v) is 5.17. The largest absolute Gasteiger partial charge is 0.399 e. The predicted octanol–water partition coefficient (Wildman–Crippen LogP) is 9.51. The molecule has 4 heteroatoms. The molecule has 10 N–H and O–H groups in total. The molecule has 0 unspecified atom stereocenters. The van der Waals surface area contributed by atoms with Gasteiger partial charge in [-0.1, -0.05) is 115 Å². The Morgan fingerprint density at radius 3 is 1.02 bits per heavy atom. The Morgan fingerprint density at radius 1 is 0.300 bits per heavy atom. The lowest BCUT2D eigenvalue weighted by molar-refractivity contribution is 1.53. The molecule has 0 saturated carbocycles. The molecule has 40 heavy (non-hydrogen) atoms. The number of nitrogens with two attached hydrogens (primary N) is 2. The first-order chi connectivity index (χ1) is 18.7. The topological polar surface area (TPSA) is 122 Å². The second-order valence-electron chi connectivity index (χ2n) is 9.44. The summed E-state index contributed by atoms with van der Waals surface area (Å²) in [6, 6.07) is 50.7. The van der Waals surface area contributed by atoms with Crippen LogP contribution in [0.5, 0.6) is 0 Å². The van der Waals surface area contributed by atoms with E-state index in [0.29, 0.717) is 0 Å². The molecule has 6 aromatic carbocycles. The summed E-state index contributed by atoms with van der Waals surface area (Å²) in [7, 11) is 0. The van der Waals surface area contributed by atoms with Crippen molar-refractivity contribution in [3.8, 4) is 55.6 Å².